The monoisotopic (exact) mass is 345 g/mol. The van der Waals surface area contributed by atoms with Crippen LogP contribution in [0.5, 0.6) is 0 Å². The minimum atomic E-state index is -0.289. The Kier molecular flexibility index (Phi) is 4.69. The molecule has 0 fully saturated rings. The van der Waals surface area contributed by atoms with Gasteiger partial charge in [0.1, 0.15) is 11.6 Å². The van der Waals surface area contributed by atoms with Crippen LogP contribution in [0.25, 0.3) is 11.3 Å². The fourth-order valence-corrected chi connectivity index (χ4v) is 2.47. The second kappa shape index (κ2) is 6.90. The van der Waals surface area contributed by atoms with Gasteiger partial charge in [0.2, 0.25) is 0 Å². The van der Waals surface area contributed by atoms with Crippen LogP contribution in [0.2, 0.25) is 5.02 Å². The summed E-state index contributed by atoms with van der Waals surface area (Å²) in [6.45, 7) is 1.90. The molecule has 2 N–H and O–H groups in total. The van der Waals surface area contributed by atoms with Gasteiger partial charge < -0.3 is 14.8 Å². The lowest BCUT2D eigenvalue weighted by Crippen LogP contribution is -2.16. The van der Waals surface area contributed by atoms with E-state index in [0.717, 1.165) is 5.56 Å². The van der Waals surface area contributed by atoms with Gasteiger partial charge in [0.15, 0.2) is 0 Å². The Morgan fingerprint density at radius 3 is 2.71 bits per heavy atom. The molecule has 0 spiro atoms. The zero-order valence-corrected chi connectivity index (χ0v) is 13.7. The van der Waals surface area contributed by atoms with Crippen LogP contribution >= 0.6 is 11.6 Å². The van der Waals surface area contributed by atoms with Gasteiger partial charge in [-0.3, -0.25) is 4.79 Å². The third kappa shape index (κ3) is 3.34. The van der Waals surface area contributed by atoms with Crippen molar-refractivity contribution in [3.05, 3.63) is 59.0 Å². The molecule has 0 bridgehead atoms. The highest BCUT2D eigenvalue weighted by Gasteiger charge is 2.16. The molecule has 24 heavy (non-hydrogen) atoms. The third-order valence-electron chi connectivity index (χ3n) is 3.58. The van der Waals surface area contributed by atoms with E-state index in [0.29, 0.717) is 27.9 Å². The fourth-order valence-electron chi connectivity index (χ4n) is 2.35. The number of furan rings is 1. The molecule has 7 heteroatoms. The maximum atomic E-state index is 12.4. The van der Waals surface area contributed by atoms with Crippen LogP contribution < -0.4 is 5.32 Å². The Bertz CT molecular complexity index is 852. The van der Waals surface area contributed by atoms with Gasteiger partial charge in [-0.05, 0) is 25.1 Å². The number of nitrogens with zero attached hydrogens (tertiary/aromatic N) is 2. The molecule has 3 rings (SSSR count). The molecule has 124 valence electrons. The average molecular weight is 346 g/mol. The molecule has 0 aliphatic carbocycles. The first kappa shape index (κ1) is 16.3. The van der Waals surface area contributed by atoms with E-state index in [-0.39, 0.29) is 19.1 Å². The summed E-state index contributed by atoms with van der Waals surface area (Å²) in [5, 5.41) is 17.1. The molecule has 0 saturated carbocycles. The second-order valence-electron chi connectivity index (χ2n) is 5.21. The van der Waals surface area contributed by atoms with Crippen molar-refractivity contribution in [2.45, 2.75) is 13.5 Å². The predicted octanol–water partition coefficient (Wildman–Crippen LogP) is 3.35. The van der Waals surface area contributed by atoms with Gasteiger partial charge in [0.05, 0.1) is 30.7 Å². The number of halogens is 1. The van der Waals surface area contributed by atoms with Crippen molar-refractivity contribution in [2.24, 2.45) is 0 Å². The highest BCUT2D eigenvalue weighted by molar-refractivity contribution is 6.30. The number of carbonyl (C=O) groups is 1. The van der Waals surface area contributed by atoms with E-state index in [1.807, 2.05) is 12.1 Å². The number of rotatable bonds is 5. The van der Waals surface area contributed by atoms with Crippen LogP contribution in [-0.4, -0.2) is 27.4 Å². The molecule has 6 nitrogen and oxygen atoms in total. The van der Waals surface area contributed by atoms with Crippen molar-refractivity contribution in [1.29, 1.82) is 0 Å². The summed E-state index contributed by atoms with van der Waals surface area (Å²) in [5.74, 6) is 0.751. The summed E-state index contributed by atoms with van der Waals surface area (Å²) < 4.78 is 6.70. The Morgan fingerprint density at radius 2 is 2.08 bits per heavy atom. The highest BCUT2D eigenvalue weighted by Crippen LogP contribution is 2.24. The highest BCUT2D eigenvalue weighted by atomic mass is 35.5. The lowest BCUT2D eigenvalue weighted by molar-refractivity contribution is 0.102. The minimum Gasteiger partial charge on any atom is -0.469 e. The van der Waals surface area contributed by atoms with Crippen molar-refractivity contribution in [3.63, 3.8) is 0 Å². The summed E-state index contributed by atoms with van der Waals surface area (Å²) in [4.78, 5) is 12.4. The third-order valence-corrected chi connectivity index (χ3v) is 3.83. The van der Waals surface area contributed by atoms with Crippen LogP contribution in [0.1, 0.15) is 16.1 Å². The molecule has 0 atom stereocenters. The molecule has 2 aromatic heterocycles. The minimum absolute atomic E-state index is 0.0879. The number of anilines is 1. The van der Waals surface area contributed by atoms with Crippen LogP contribution in [0, 0.1) is 6.92 Å². The molecule has 0 aliphatic rings. The second-order valence-corrected chi connectivity index (χ2v) is 5.65. The van der Waals surface area contributed by atoms with E-state index in [1.54, 1.807) is 35.9 Å². The number of aromatic nitrogens is 2. The van der Waals surface area contributed by atoms with E-state index in [9.17, 15) is 9.90 Å². The van der Waals surface area contributed by atoms with Crippen molar-refractivity contribution in [2.75, 3.05) is 11.9 Å². The number of carbonyl (C=O) groups excluding carboxylic acids is 1. The Balaban J connectivity index is 1.90. The molecule has 0 radical (unpaired) electrons. The van der Waals surface area contributed by atoms with E-state index in [4.69, 9.17) is 16.0 Å². The van der Waals surface area contributed by atoms with Crippen molar-refractivity contribution >= 4 is 23.3 Å². The zero-order valence-electron chi connectivity index (χ0n) is 13.0. The molecular weight excluding hydrogens is 330 g/mol. The lowest BCUT2D eigenvalue weighted by Gasteiger charge is -2.06. The first-order valence-corrected chi connectivity index (χ1v) is 7.76. The molecule has 3 aromatic rings. The van der Waals surface area contributed by atoms with Crippen LogP contribution in [-0.2, 0) is 6.54 Å². The Hall–Kier alpha value is -2.57. The zero-order chi connectivity index (χ0) is 17.1. The number of hydrogen-bond donors (Lipinski definition) is 2. The van der Waals surface area contributed by atoms with Gasteiger partial charge in [0, 0.05) is 16.7 Å². The normalized spacial score (nSPS) is 10.8. The predicted molar refractivity (Wildman–Crippen MR) is 91.2 cm³/mol. The maximum Gasteiger partial charge on any atom is 0.260 e. The molecule has 1 aromatic carbocycles. The van der Waals surface area contributed by atoms with E-state index < -0.39 is 0 Å². The Labute approximate surface area is 143 Å². The van der Waals surface area contributed by atoms with Gasteiger partial charge >= 0.3 is 0 Å². The van der Waals surface area contributed by atoms with E-state index >= 15 is 0 Å². The number of benzene rings is 1. The molecular formula is C17H16ClN3O3. The van der Waals surface area contributed by atoms with E-state index in [2.05, 4.69) is 10.4 Å². The number of aliphatic hydroxyl groups is 1. The quantitative estimate of drug-likeness (QED) is 0.743. The van der Waals surface area contributed by atoms with Crippen LogP contribution in [0.4, 0.5) is 5.82 Å². The summed E-state index contributed by atoms with van der Waals surface area (Å²) in [6, 6.07) is 10.6. The first-order chi connectivity index (χ1) is 11.6. The fraction of sp³-hybridized carbons (Fsp3) is 0.176. The number of aryl methyl sites for hydroxylation is 1. The smallest absolute Gasteiger partial charge is 0.260 e. The van der Waals surface area contributed by atoms with Gasteiger partial charge in [-0.15, -0.1) is 0 Å². The summed E-state index contributed by atoms with van der Waals surface area (Å²) in [6.07, 6.45) is 1.47. The molecule has 0 saturated heterocycles. The largest absolute Gasteiger partial charge is 0.469 e. The van der Waals surface area contributed by atoms with Crippen molar-refractivity contribution in [1.82, 2.24) is 9.78 Å². The SMILES string of the molecule is Cc1occc1C(=O)Nc1cc(-c2ccc(Cl)cc2)nn1CCO. The van der Waals surface area contributed by atoms with E-state index in [1.165, 1.54) is 6.26 Å². The van der Waals surface area contributed by atoms with Crippen LogP contribution in [0.3, 0.4) is 0 Å². The van der Waals surface area contributed by atoms with Crippen molar-refractivity contribution in [3.8, 4) is 11.3 Å². The summed E-state index contributed by atoms with van der Waals surface area (Å²) >= 11 is 5.90. The van der Waals surface area contributed by atoms with Gasteiger partial charge in [-0.2, -0.15) is 5.10 Å². The standard InChI is InChI=1S/C17H16ClN3O3/c1-11-14(6-9-24-11)17(23)19-16-10-15(20-21(16)7-8-22)12-2-4-13(18)5-3-12/h2-6,9-10,22H,7-8H2,1H3,(H,19,23). The topological polar surface area (TPSA) is 80.3 Å². The Morgan fingerprint density at radius 1 is 1.33 bits per heavy atom. The van der Waals surface area contributed by atoms with Crippen molar-refractivity contribution < 1.29 is 14.3 Å². The number of aliphatic hydroxyl groups excluding tert-OH is 1. The molecule has 0 unspecified atom stereocenters. The molecule has 0 aliphatic heterocycles. The number of nitrogens with one attached hydrogen (secondary N) is 1. The molecule has 1 amide bonds. The maximum absolute atomic E-state index is 12.4. The summed E-state index contributed by atoms with van der Waals surface area (Å²) in [7, 11) is 0. The molecule has 2 heterocycles. The van der Waals surface area contributed by atoms with Crippen LogP contribution in [0.15, 0.2) is 47.1 Å². The first-order valence-electron chi connectivity index (χ1n) is 7.38. The number of amides is 1. The average Bonchev–Trinajstić information content (AvgIpc) is 3.15. The lowest BCUT2D eigenvalue weighted by atomic mass is 10.1. The summed E-state index contributed by atoms with van der Waals surface area (Å²) in [5.41, 5.74) is 2.00. The van der Waals surface area contributed by atoms with Gasteiger partial charge in [-0.25, -0.2) is 4.68 Å². The van der Waals surface area contributed by atoms with Gasteiger partial charge in [0.25, 0.3) is 5.91 Å². The van der Waals surface area contributed by atoms with Gasteiger partial charge in [-0.1, -0.05) is 23.7 Å². The number of hydrogen-bond acceptors (Lipinski definition) is 4.